The van der Waals surface area contributed by atoms with Crippen LogP contribution in [-0.2, 0) is 15.3 Å². The first-order valence-electron chi connectivity index (χ1n) is 5.98. The van der Waals surface area contributed by atoms with E-state index in [2.05, 4.69) is 4.98 Å². The van der Waals surface area contributed by atoms with Crippen molar-refractivity contribution in [2.45, 2.75) is 25.1 Å². The third kappa shape index (κ3) is 5.30. The van der Waals surface area contributed by atoms with E-state index >= 15 is 0 Å². The van der Waals surface area contributed by atoms with Gasteiger partial charge in [0.2, 0.25) is 5.91 Å². The van der Waals surface area contributed by atoms with E-state index in [1.807, 2.05) is 18.2 Å². The number of amides is 1. The molecule has 0 radical (unpaired) electrons. The van der Waals surface area contributed by atoms with Gasteiger partial charge in [-0.05, 0) is 19.1 Å². The third-order valence-electron chi connectivity index (χ3n) is 2.77. The molecule has 0 saturated heterocycles. The summed E-state index contributed by atoms with van der Waals surface area (Å²) in [7, 11) is 1.52. The number of thioether (sulfide) groups is 1. The van der Waals surface area contributed by atoms with Gasteiger partial charge in [-0.15, -0.1) is 0 Å². The average molecular weight is 282 g/mol. The second kappa shape index (κ2) is 7.78. The van der Waals surface area contributed by atoms with Crippen LogP contribution >= 0.6 is 11.8 Å². The van der Waals surface area contributed by atoms with Gasteiger partial charge in [0.15, 0.2) is 0 Å². The van der Waals surface area contributed by atoms with Crippen LogP contribution in [0.25, 0.3) is 0 Å². The number of hydrogen-bond acceptors (Lipinski definition) is 4. The first kappa shape index (κ1) is 15.5. The highest BCUT2D eigenvalue weighted by Crippen LogP contribution is 2.11. The minimum atomic E-state index is -0.989. The fourth-order valence-electron chi connectivity index (χ4n) is 1.38. The van der Waals surface area contributed by atoms with Gasteiger partial charge in [-0.2, -0.15) is 11.8 Å². The number of carbonyl (C=O) groups excluding carboxylic acids is 1. The summed E-state index contributed by atoms with van der Waals surface area (Å²) in [5.74, 6) is 0.277. The van der Waals surface area contributed by atoms with Crippen molar-refractivity contribution in [3.05, 3.63) is 30.1 Å². The smallest absolute Gasteiger partial charge is 0.326 e. The van der Waals surface area contributed by atoms with Crippen molar-refractivity contribution in [1.82, 2.24) is 9.88 Å². The Hall–Kier alpha value is -1.56. The first-order chi connectivity index (χ1) is 9.02. The summed E-state index contributed by atoms with van der Waals surface area (Å²) in [6, 6.07) is 4.94. The van der Waals surface area contributed by atoms with Gasteiger partial charge in [0.1, 0.15) is 6.04 Å². The van der Waals surface area contributed by atoms with E-state index in [9.17, 15) is 9.59 Å². The van der Waals surface area contributed by atoms with Crippen molar-refractivity contribution in [2.75, 3.05) is 12.8 Å². The van der Waals surface area contributed by atoms with Crippen LogP contribution in [0.1, 0.15) is 19.0 Å². The van der Waals surface area contributed by atoms with Gasteiger partial charge in [-0.3, -0.25) is 9.78 Å². The molecule has 1 aromatic heterocycles. The maximum Gasteiger partial charge on any atom is 0.326 e. The Morgan fingerprint density at radius 1 is 1.47 bits per heavy atom. The zero-order valence-electron chi connectivity index (χ0n) is 11.1. The second-order valence-electron chi connectivity index (χ2n) is 4.14. The first-order valence-corrected chi connectivity index (χ1v) is 7.14. The molecule has 1 atom stereocenters. The molecule has 0 aromatic carbocycles. The maximum absolute atomic E-state index is 11.7. The molecule has 0 spiro atoms. The normalized spacial score (nSPS) is 11.9. The fraction of sp³-hybridized carbons (Fsp3) is 0.462. The van der Waals surface area contributed by atoms with Crippen molar-refractivity contribution in [2.24, 2.45) is 0 Å². The summed E-state index contributed by atoms with van der Waals surface area (Å²) in [4.78, 5) is 27.9. The molecular formula is C13H18N2O3S. The molecule has 104 valence electrons. The number of aliphatic carboxylic acids is 1. The average Bonchev–Trinajstić information content (AvgIpc) is 2.42. The zero-order valence-corrected chi connectivity index (χ0v) is 11.9. The molecule has 19 heavy (non-hydrogen) atoms. The van der Waals surface area contributed by atoms with Crippen molar-refractivity contribution >= 4 is 23.6 Å². The van der Waals surface area contributed by atoms with E-state index < -0.39 is 12.0 Å². The van der Waals surface area contributed by atoms with Gasteiger partial charge < -0.3 is 10.0 Å². The molecule has 0 bridgehead atoms. The van der Waals surface area contributed by atoms with Crippen LogP contribution < -0.4 is 0 Å². The molecular weight excluding hydrogens is 264 g/mol. The predicted octanol–water partition coefficient (Wildman–Crippen LogP) is 1.64. The van der Waals surface area contributed by atoms with Gasteiger partial charge in [-0.25, -0.2) is 4.79 Å². The van der Waals surface area contributed by atoms with Crippen LogP contribution in [0.3, 0.4) is 0 Å². The van der Waals surface area contributed by atoms with Crippen molar-refractivity contribution in [3.63, 3.8) is 0 Å². The summed E-state index contributed by atoms with van der Waals surface area (Å²) < 4.78 is 0. The van der Waals surface area contributed by atoms with E-state index in [4.69, 9.17) is 5.11 Å². The van der Waals surface area contributed by atoms with Crippen LogP contribution in [0, 0.1) is 0 Å². The second-order valence-corrected chi connectivity index (χ2v) is 5.25. The summed E-state index contributed by atoms with van der Waals surface area (Å²) in [5, 5.41) is 8.81. The lowest BCUT2D eigenvalue weighted by atomic mass is 10.3. The van der Waals surface area contributed by atoms with E-state index in [1.54, 1.807) is 18.0 Å². The number of nitrogens with zero attached hydrogens (tertiary/aromatic N) is 2. The summed E-state index contributed by atoms with van der Waals surface area (Å²) in [6.45, 7) is 1.50. The monoisotopic (exact) mass is 282 g/mol. The molecule has 0 aliphatic rings. The zero-order chi connectivity index (χ0) is 14.3. The lowest BCUT2D eigenvalue weighted by Crippen LogP contribution is -2.40. The Morgan fingerprint density at radius 2 is 2.21 bits per heavy atom. The van der Waals surface area contributed by atoms with E-state index in [1.165, 1.54) is 18.9 Å². The summed E-state index contributed by atoms with van der Waals surface area (Å²) >= 11 is 1.61. The minimum Gasteiger partial charge on any atom is -0.480 e. The number of aromatic nitrogens is 1. The van der Waals surface area contributed by atoms with Gasteiger partial charge in [0, 0.05) is 31.2 Å². The van der Waals surface area contributed by atoms with Crippen molar-refractivity contribution in [3.8, 4) is 0 Å². The predicted molar refractivity (Wildman–Crippen MR) is 74.9 cm³/mol. The number of pyridine rings is 1. The van der Waals surface area contributed by atoms with Crippen LogP contribution in [0.4, 0.5) is 0 Å². The molecule has 0 aliphatic heterocycles. The molecule has 1 rings (SSSR count). The molecule has 1 N–H and O–H groups in total. The Kier molecular flexibility index (Phi) is 6.35. The quantitative estimate of drug-likeness (QED) is 0.770. The lowest BCUT2D eigenvalue weighted by Gasteiger charge is -2.21. The van der Waals surface area contributed by atoms with Crippen LogP contribution in [-0.4, -0.2) is 45.7 Å². The molecule has 0 aliphatic carbocycles. The molecule has 0 fully saturated rings. The number of hydrogen-bond donors (Lipinski definition) is 1. The lowest BCUT2D eigenvalue weighted by molar-refractivity contribution is -0.148. The van der Waals surface area contributed by atoms with Gasteiger partial charge >= 0.3 is 5.97 Å². The number of carbonyl (C=O) groups is 2. The van der Waals surface area contributed by atoms with Crippen LogP contribution in [0.2, 0.25) is 0 Å². The van der Waals surface area contributed by atoms with E-state index in [0.717, 1.165) is 11.4 Å². The standard InChI is InChI=1S/C13H18N2O3S/c1-10(13(17)18)15(2)12(16)6-8-19-9-11-5-3-4-7-14-11/h3-5,7,10H,6,8-9H2,1-2H3,(H,17,18). The Labute approximate surface area is 117 Å². The molecule has 5 nitrogen and oxygen atoms in total. The number of carboxylic acid groups (broad SMARTS) is 1. The molecule has 6 heteroatoms. The van der Waals surface area contributed by atoms with Crippen LogP contribution in [0.15, 0.2) is 24.4 Å². The Balaban J connectivity index is 2.26. The van der Waals surface area contributed by atoms with Gasteiger partial charge in [-0.1, -0.05) is 6.07 Å². The molecule has 0 saturated carbocycles. The van der Waals surface area contributed by atoms with Crippen LogP contribution in [0.5, 0.6) is 0 Å². The maximum atomic E-state index is 11.7. The molecule has 1 heterocycles. The van der Waals surface area contributed by atoms with E-state index in [-0.39, 0.29) is 5.91 Å². The third-order valence-corrected chi connectivity index (χ3v) is 3.76. The summed E-state index contributed by atoms with van der Waals surface area (Å²) in [5.41, 5.74) is 0.979. The minimum absolute atomic E-state index is 0.150. The fourth-order valence-corrected chi connectivity index (χ4v) is 2.22. The Morgan fingerprint density at radius 3 is 2.79 bits per heavy atom. The Bertz CT molecular complexity index is 425. The van der Waals surface area contributed by atoms with Gasteiger partial charge in [0.25, 0.3) is 0 Å². The van der Waals surface area contributed by atoms with Gasteiger partial charge in [0.05, 0.1) is 5.69 Å². The highest BCUT2D eigenvalue weighted by molar-refractivity contribution is 7.98. The molecule has 1 aromatic rings. The number of likely N-dealkylation sites (N-methyl/N-ethyl adjacent to an activating group) is 1. The van der Waals surface area contributed by atoms with Crippen molar-refractivity contribution in [1.29, 1.82) is 0 Å². The molecule has 1 amide bonds. The highest BCUT2D eigenvalue weighted by Gasteiger charge is 2.20. The van der Waals surface area contributed by atoms with E-state index in [0.29, 0.717) is 12.2 Å². The summed E-state index contributed by atoms with van der Waals surface area (Å²) in [6.07, 6.45) is 2.08. The van der Waals surface area contributed by atoms with Crippen molar-refractivity contribution < 1.29 is 14.7 Å². The highest BCUT2D eigenvalue weighted by atomic mass is 32.2. The SMILES string of the molecule is CC(C(=O)O)N(C)C(=O)CCSCc1ccccn1. The molecule has 1 unspecified atom stereocenters. The topological polar surface area (TPSA) is 70.5 Å². The largest absolute Gasteiger partial charge is 0.480 e. The number of carboxylic acids is 1. The number of rotatable bonds is 7.